The second-order valence-electron chi connectivity index (χ2n) is 4.79. The van der Waals surface area contributed by atoms with Crippen molar-refractivity contribution in [2.45, 2.75) is 18.6 Å². The third-order valence-electron chi connectivity index (χ3n) is 3.34. The summed E-state index contributed by atoms with van der Waals surface area (Å²) in [7, 11) is 0. The summed E-state index contributed by atoms with van der Waals surface area (Å²) in [6.07, 6.45) is -5.10. The van der Waals surface area contributed by atoms with Gasteiger partial charge >= 0.3 is 6.18 Å². The zero-order chi connectivity index (χ0) is 14.8. The summed E-state index contributed by atoms with van der Waals surface area (Å²) in [6.45, 7) is 2.57. The first kappa shape index (κ1) is 19.0. The largest absolute Gasteiger partial charge is 0.390 e. The van der Waals surface area contributed by atoms with E-state index in [4.69, 9.17) is 11.6 Å². The third-order valence-corrected chi connectivity index (χ3v) is 4.16. The van der Waals surface area contributed by atoms with Gasteiger partial charge in [0, 0.05) is 41.7 Å². The fourth-order valence-corrected chi connectivity index (χ4v) is 3.22. The lowest BCUT2D eigenvalue weighted by atomic mass is 10.0. The van der Waals surface area contributed by atoms with Crippen molar-refractivity contribution in [2.75, 3.05) is 26.2 Å². The highest BCUT2D eigenvalue weighted by atomic mass is 79.9. The zero-order valence-corrected chi connectivity index (χ0v) is 14.2. The minimum Gasteiger partial charge on any atom is -0.314 e. The highest BCUT2D eigenvalue weighted by Crippen LogP contribution is 2.37. The van der Waals surface area contributed by atoms with Crippen LogP contribution in [0.3, 0.4) is 0 Å². The second kappa shape index (κ2) is 8.02. The lowest BCUT2D eigenvalue weighted by Crippen LogP contribution is -2.46. The van der Waals surface area contributed by atoms with Gasteiger partial charge in [0.05, 0.1) is 6.42 Å². The fourth-order valence-electron chi connectivity index (χ4n) is 2.42. The molecule has 120 valence electrons. The molecule has 0 saturated carbocycles. The van der Waals surface area contributed by atoms with Crippen molar-refractivity contribution in [3.8, 4) is 0 Å². The van der Waals surface area contributed by atoms with Crippen LogP contribution in [0.5, 0.6) is 0 Å². The van der Waals surface area contributed by atoms with Gasteiger partial charge < -0.3 is 5.32 Å². The summed E-state index contributed by atoms with van der Waals surface area (Å²) < 4.78 is 39.3. The summed E-state index contributed by atoms with van der Waals surface area (Å²) >= 11 is 9.41. The number of nitrogens with one attached hydrogen (secondary N) is 1. The highest BCUT2D eigenvalue weighted by Gasteiger charge is 2.36. The van der Waals surface area contributed by atoms with E-state index in [-0.39, 0.29) is 12.4 Å². The molecule has 21 heavy (non-hydrogen) atoms. The summed E-state index contributed by atoms with van der Waals surface area (Å²) in [4.78, 5) is 1.85. The second-order valence-corrected chi connectivity index (χ2v) is 6.11. The molecule has 8 heteroatoms. The third kappa shape index (κ3) is 5.60. The van der Waals surface area contributed by atoms with Crippen molar-refractivity contribution in [1.82, 2.24) is 10.2 Å². The maximum atomic E-state index is 12.9. The summed E-state index contributed by atoms with van der Waals surface area (Å²) in [5.74, 6) is 0. The van der Waals surface area contributed by atoms with Gasteiger partial charge in [0.2, 0.25) is 0 Å². The maximum Gasteiger partial charge on any atom is 0.390 e. The molecule has 1 heterocycles. The van der Waals surface area contributed by atoms with Gasteiger partial charge in [-0.2, -0.15) is 13.2 Å². The normalized spacial score (nSPS) is 18.1. The molecule has 0 unspecified atom stereocenters. The molecular formula is C13H16BrCl2F3N2. The van der Waals surface area contributed by atoms with E-state index < -0.39 is 18.6 Å². The van der Waals surface area contributed by atoms with Gasteiger partial charge in [-0.05, 0) is 17.7 Å². The SMILES string of the molecule is Cl.FC(F)(F)C[C@@H](c1ccc(Br)cc1Cl)N1CCNCC1. The molecule has 1 aromatic carbocycles. The molecule has 1 fully saturated rings. The van der Waals surface area contributed by atoms with Crippen LogP contribution in [0.15, 0.2) is 22.7 Å². The smallest absolute Gasteiger partial charge is 0.314 e. The van der Waals surface area contributed by atoms with E-state index in [1.54, 1.807) is 18.2 Å². The van der Waals surface area contributed by atoms with Crippen LogP contribution in [-0.4, -0.2) is 37.3 Å². The van der Waals surface area contributed by atoms with Crippen molar-refractivity contribution in [1.29, 1.82) is 0 Å². The number of alkyl halides is 3. The van der Waals surface area contributed by atoms with Crippen LogP contribution in [0.25, 0.3) is 0 Å². The Bertz CT molecular complexity index is 465. The molecule has 0 aromatic heterocycles. The molecule has 0 spiro atoms. The molecule has 1 aliphatic rings. The van der Waals surface area contributed by atoms with Crippen LogP contribution in [0.2, 0.25) is 5.02 Å². The minimum atomic E-state index is -4.22. The number of nitrogens with zero attached hydrogens (tertiary/aromatic N) is 1. The van der Waals surface area contributed by atoms with E-state index in [1.165, 1.54) is 0 Å². The molecule has 0 radical (unpaired) electrons. The number of benzene rings is 1. The number of rotatable bonds is 3. The summed E-state index contributed by atoms with van der Waals surface area (Å²) in [6, 6.07) is 4.32. The molecule has 1 atom stereocenters. The van der Waals surface area contributed by atoms with Crippen molar-refractivity contribution in [3.63, 3.8) is 0 Å². The minimum absolute atomic E-state index is 0. The van der Waals surface area contributed by atoms with Crippen LogP contribution in [0, 0.1) is 0 Å². The lowest BCUT2D eigenvalue weighted by Gasteiger charge is -2.36. The Kier molecular flexibility index (Phi) is 7.27. The monoisotopic (exact) mass is 406 g/mol. The van der Waals surface area contributed by atoms with Crippen molar-refractivity contribution in [2.24, 2.45) is 0 Å². The molecule has 1 aliphatic heterocycles. The fraction of sp³-hybridized carbons (Fsp3) is 0.538. The number of hydrogen-bond donors (Lipinski definition) is 1. The predicted octanol–water partition coefficient (Wildman–Crippen LogP) is 4.42. The van der Waals surface area contributed by atoms with Gasteiger partial charge in [0.1, 0.15) is 0 Å². The van der Waals surface area contributed by atoms with E-state index in [2.05, 4.69) is 21.2 Å². The van der Waals surface area contributed by atoms with Gasteiger partial charge in [-0.25, -0.2) is 0 Å². The quantitative estimate of drug-likeness (QED) is 0.797. The first-order chi connectivity index (χ1) is 9.37. The molecule has 2 nitrogen and oxygen atoms in total. The van der Waals surface area contributed by atoms with Crippen LogP contribution in [0.4, 0.5) is 13.2 Å². The van der Waals surface area contributed by atoms with E-state index >= 15 is 0 Å². The lowest BCUT2D eigenvalue weighted by molar-refractivity contribution is -0.148. The molecule has 0 amide bonds. The Morgan fingerprint density at radius 1 is 1.29 bits per heavy atom. The van der Waals surface area contributed by atoms with Crippen LogP contribution >= 0.6 is 39.9 Å². The zero-order valence-electron chi connectivity index (χ0n) is 11.1. The Hall–Kier alpha value is -0.0100. The number of piperazine rings is 1. The van der Waals surface area contributed by atoms with Gasteiger partial charge in [0.25, 0.3) is 0 Å². The van der Waals surface area contributed by atoms with E-state index in [0.717, 1.165) is 4.47 Å². The number of halogens is 6. The molecular weight excluding hydrogens is 392 g/mol. The first-order valence-corrected chi connectivity index (χ1v) is 7.50. The van der Waals surface area contributed by atoms with Gasteiger partial charge in [-0.1, -0.05) is 33.6 Å². The Morgan fingerprint density at radius 2 is 1.90 bits per heavy atom. The van der Waals surface area contributed by atoms with E-state index in [0.29, 0.717) is 36.8 Å². The van der Waals surface area contributed by atoms with Crippen molar-refractivity contribution in [3.05, 3.63) is 33.3 Å². The average Bonchev–Trinajstić information content (AvgIpc) is 2.36. The Balaban J connectivity index is 0.00000220. The molecule has 0 bridgehead atoms. The standard InChI is InChI=1S/C13H15BrClF3N2.ClH/c14-9-1-2-10(11(15)7-9)12(8-13(16,17)18)20-5-3-19-4-6-20;/h1-2,7,12,19H,3-6,8H2;1H/t12-;/m0./s1. The van der Waals surface area contributed by atoms with Crippen molar-refractivity contribution < 1.29 is 13.2 Å². The Morgan fingerprint density at radius 3 is 2.43 bits per heavy atom. The average molecular weight is 408 g/mol. The summed E-state index contributed by atoms with van der Waals surface area (Å²) in [5.41, 5.74) is 0.536. The number of hydrogen-bond acceptors (Lipinski definition) is 2. The predicted molar refractivity (Wildman–Crippen MR) is 84.3 cm³/mol. The van der Waals surface area contributed by atoms with Gasteiger partial charge in [-0.15, -0.1) is 12.4 Å². The molecule has 0 aliphatic carbocycles. The maximum absolute atomic E-state index is 12.9. The summed E-state index contributed by atoms with van der Waals surface area (Å²) in [5, 5.41) is 3.51. The molecule has 1 aromatic rings. The molecule has 1 saturated heterocycles. The molecule has 2 rings (SSSR count). The van der Waals surface area contributed by atoms with Crippen molar-refractivity contribution >= 4 is 39.9 Å². The highest BCUT2D eigenvalue weighted by molar-refractivity contribution is 9.10. The first-order valence-electron chi connectivity index (χ1n) is 6.33. The van der Waals surface area contributed by atoms with Gasteiger partial charge in [-0.3, -0.25) is 4.90 Å². The van der Waals surface area contributed by atoms with E-state index in [1.807, 2.05) is 4.90 Å². The van der Waals surface area contributed by atoms with Gasteiger partial charge in [0.15, 0.2) is 0 Å². The van der Waals surface area contributed by atoms with Crippen LogP contribution in [-0.2, 0) is 0 Å². The molecule has 1 N–H and O–H groups in total. The topological polar surface area (TPSA) is 15.3 Å². The van der Waals surface area contributed by atoms with Crippen LogP contribution < -0.4 is 5.32 Å². The van der Waals surface area contributed by atoms with Crippen LogP contribution in [0.1, 0.15) is 18.0 Å². The Labute approximate surface area is 141 Å². The van der Waals surface area contributed by atoms with E-state index in [9.17, 15) is 13.2 Å².